The molecule has 0 atom stereocenters. The molecule has 1 aromatic heterocycles. The molecular formula is C12H18N2O3. The van der Waals surface area contributed by atoms with Gasteiger partial charge in [-0.15, -0.1) is 0 Å². The summed E-state index contributed by atoms with van der Waals surface area (Å²) < 4.78 is 5.12. The normalized spacial score (nSPS) is 19.1. The van der Waals surface area contributed by atoms with E-state index in [1.54, 1.807) is 6.92 Å². The maximum absolute atomic E-state index is 11.0. The van der Waals surface area contributed by atoms with Crippen LogP contribution in [-0.2, 0) is 11.2 Å². The number of aliphatic carboxylic acids is 1. The van der Waals surface area contributed by atoms with E-state index in [1.165, 1.54) is 6.42 Å². The quantitative estimate of drug-likeness (QED) is 0.871. The van der Waals surface area contributed by atoms with Crippen molar-refractivity contribution in [2.24, 2.45) is 5.41 Å². The fourth-order valence-electron chi connectivity index (χ4n) is 2.77. The molecule has 0 saturated heterocycles. The van der Waals surface area contributed by atoms with Crippen molar-refractivity contribution in [1.29, 1.82) is 0 Å². The summed E-state index contributed by atoms with van der Waals surface area (Å²) >= 11 is 0. The van der Waals surface area contributed by atoms with Gasteiger partial charge in [0.05, 0.1) is 6.42 Å². The number of nitrogens with zero attached hydrogens (tertiary/aromatic N) is 2. The maximum atomic E-state index is 11.0. The van der Waals surface area contributed by atoms with Crippen LogP contribution in [0.2, 0.25) is 0 Å². The van der Waals surface area contributed by atoms with Crippen molar-refractivity contribution in [3.05, 3.63) is 11.7 Å². The number of carboxylic acid groups (broad SMARTS) is 1. The SMILES string of the molecule is Cc1noc(CC2(CC(=O)O)CCCCC2)n1. The van der Waals surface area contributed by atoms with Crippen molar-refractivity contribution >= 4 is 5.97 Å². The molecule has 0 spiro atoms. The zero-order valence-corrected chi connectivity index (χ0v) is 10.1. The van der Waals surface area contributed by atoms with Crippen LogP contribution in [0.4, 0.5) is 0 Å². The first-order valence-electron chi connectivity index (χ1n) is 6.11. The molecule has 94 valence electrons. The maximum Gasteiger partial charge on any atom is 0.303 e. The average molecular weight is 238 g/mol. The van der Waals surface area contributed by atoms with Gasteiger partial charge in [-0.1, -0.05) is 24.4 Å². The van der Waals surface area contributed by atoms with Crippen LogP contribution < -0.4 is 0 Å². The molecule has 1 saturated carbocycles. The third-order valence-electron chi connectivity index (χ3n) is 3.54. The fraction of sp³-hybridized carbons (Fsp3) is 0.750. The van der Waals surface area contributed by atoms with Gasteiger partial charge in [0.1, 0.15) is 0 Å². The van der Waals surface area contributed by atoms with Crippen LogP contribution in [0.25, 0.3) is 0 Å². The minimum absolute atomic E-state index is 0.178. The van der Waals surface area contributed by atoms with Gasteiger partial charge in [0.15, 0.2) is 5.82 Å². The largest absolute Gasteiger partial charge is 0.481 e. The molecule has 1 aromatic rings. The monoisotopic (exact) mass is 238 g/mol. The minimum Gasteiger partial charge on any atom is -0.481 e. The first-order chi connectivity index (χ1) is 8.10. The molecule has 2 rings (SSSR count). The first kappa shape index (κ1) is 12.1. The molecule has 0 amide bonds. The third-order valence-corrected chi connectivity index (χ3v) is 3.54. The lowest BCUT2D eigenvalue weighted by atomic mass is 9.69. The number of aromatic nitrogens is 2. The molecule has 1 heterocycles. The molecule has 0 radical (unpaired) electrons. The van der Waals surface area contributed by atoms with Crippen LogP contribution in [0.3, 0.4) is 0 Å². The van der Waals surface area contributed by atoms with Gasteiger partial charge in [-0.25, -0.2) is 0 Å². The highest BCUT2D eigenvalue weighted by atomic mass is 16.5. The van der Waals surface area contributed by atoms with Crippen molar-refractivity contribution < 1.29 is 14.4 Å². The van der Waals surface area contributed by atoms with Gasteiger partial charge in [0.2, 0.25) is 5.89 Å². The van der Waals surface area contributed by atoms with E-state index < -0.39 is 5.97 Å². The van der Waals surface area contributed by atoms with Crippen LogP contribution in [0.15, 0.2) is 4.52 Å². The van der Waals surface area contributed by atoms with Crippen molar-refractivity contribution in [2.45, 2.75) is 51.9 Å². The van der Waals surface area contributed by atoms with Gasteiger partial charge in [-0.2, -0.15) is 4.98 Å². The van der Waals surface area contributed by atoms with Crippen LogP contribution in [0.5, 0.6) is 0 Å². The summed E-state index contributed by atoms with van der Waals surface area (Å²) in [5, 5.41) is 12.8. The van der Waals surface area contributed by atoms with Gasteiger partial charge in [-0.05, 0) is 25.2 Å². The number of aryl methyl sites for hydroxylation is 1. The second-order valence-electron chi connectivity index (χ2n) is 5.04. The predicted octanol–water partition coefficient (Wildman–Crippen LogP) is 2.35. The van der Waals surface area contributed by atoms with Gasteiger partial charge >= 0.3 is 5.97 Å². The van der Waals surface area contributed by atoms with Gasteiger partial charge in [0.25, 0.3) is 0 Å². The molecular weight excluding hydrogens is 220 g/mol. The van der Waals surface area contributed by atoms with Gasteiger partial charge in [0, 0.05) is 6.42 Å². The van der Waals surface area contributed by atoms with E-state index in [0.29, 0.717) is 18.1 Å². The lowest BCUT2D eigenvalue weighted by molar-refractivity contribution is -0.140. The zero-order chi connectivity index (χ0) is 12.3. The Bertz CT molecular complexity index is 394. The van der Waals surface area contributed by atoms with Crippen LogP contribution in [0, 0.1) is 12.3 Å². The highest BCUT2D eigenvalue weighted by Crippen LogP contribution is 2.41. The lowest BCUT2D eigenvalue weighted by Gasteiger charge is -2.34. The molecule has 1 aliphatic carbocycles. The molecule has 17 heavy (non-hydrogen) atoms. The Hall–Kier alpha value is -1.39. The van der Waals surface area contributed by atoms with Crippen LogP contribution in [-0.4, -0.2) is 21.2 Å². The lowest BCUT2D eigenvalue weighted by Crippen LogP contribution is -2.29. The number of hydrogen-bond acceptors (Lipinski definition) is 4. The Morgan fingerprint density at radius 2 is 2.12 bits per heavy atom. The smallest absolute Gasteiger partial charge is 0.303 e. The van der Waals surface area contributed by atoms with E-state index in [0.717, 1.165) is 25.7 Å². The predicted molar refractivity (Wildman–Crippen MR) is 60.5 cm³/mol. The van der Waals surface area contributed by atoms with Gasteiger partial charge < -0.3 is 9.63 Å². The number of carboxylic acids is 1. The van der Waals surface area contributed by atoms with E-state index >= 15 is 0 Å². The standard InChI is InChI=1S/C12H18N2O3/c1-9-13-10(17-14-9)7-12(8-11(15)16)5-3-2-4-6-12/h2-8H2,1H3,(H,15,16). The van der Waals surface area contributed by atoms with Crippen molar-refractivity contribution in [3.63, 3.8) is 0 Å². The first-order valence-corrected chi connectivity index (χ1v) is 6.11. The topological polar surface area (TPSA) is 76.2 Å². The van der Waals surface area contributed by atoms with Crippen LogP contribution >= 0.6 is 0 Å². The summed E-state index contributed by atoms with van der Waals surface area (Å²) in [6.45, 7) is 1.78. The Morgan fingerprint density at radius 1 is 1.41 bits per heavy atom. The average Bonchev–Trinajstić information content (AvgIpc) is 2.63. The van der Waals surface area contributed by atoms with E-state index in [9.17, 15) is 4.79 Å². The molecule has 0 aromatic carbocycles. The van der Waals surface area contributed by atoms with Crippen molar-refractivity contribution in [2.75, 3.05) is 0 Å². The highest BCUT2D eigenvalue weighted by molar-refractivity contribution is 5.67. The molecule has 5 heteroatoms. The summed E-state index contributed by atoms with van der Waals surface area (Å²) in [5.41, 5.74) is -0.178. The zero-order valence-electron chi connectivity index (χ0n) is 10.1. The Labute approximate surface area is 100 Å². The minimum atomic E-state index is -0.733. The number of carbonyl (C=O) groups is 1. The van der Waals surface area contributed by atoms with E-state index in [4.69, 9.17) is 9.63 Å². The summed E-state index contributed by atoms with van der Waals surface area (Å²) in [4.78, 5) is 15.2. The number of rotatable bonds is 4. The second-order valence-corrected chi connectivity index (χ2v) is 5.04. The molecule has 5 nitrogen and oxygen atoms in total. The molecule has 1 aliphatic rings. The Morgan fingerprint density at radius 3 is 2.65 bits per heavy atom. The summed E-state index contributed by atoms with van der Waals surface area (Å²) in [5.74, 6) is 0.454. The van der Waals surface area contributed by atoms with Crippen molar-refractivity contribution in [1.82, 2.24) is 10.1 Å². The Kier molecular flexibility index (Phi) is 3.45. The fourth-order valence-corrected chi connectivity index (χ4v) is 2.77. The van der Waals surface area contributed by atoms with E-state index in [1.807, 2.05) is 0 Å². The number of hydrogen-bond donors (Lipinski definition) is 1. The van der Waals surface area contributed by atoms with Crippen LogP contribution in [0.1, 0.15) is 50.2 Å². The molecule has 1 N–H and O–H groups in total. The van der Waals surface area contributed by atoms with E-state index in [2.05, 4.69) is 10.1 Å². The third kappa shape index (κ3) is 3.05. The highest BCUT2D eigenvalue weighted by Gasteiger charge is 2.36. The van der Waals surface area contributed by atoms with Crippen molar-refractivity contribution in [3.8, 4) is 0 Å². The molecule has 1 fully saturated rings. The second kappa shape index (κ2) is 4.85. The van der Waals surface area contributed by atoms with E-state index in [-0.39, 0.29) is 11.8 Å². The molecule has 0 unspecified atom stereocenters. The molecule has 0 aliphatic heterocycles. The van der Waals surface area contributed by atoms with Gasteiger partial charge in [-0.3, -0.25) is 4.79 Å². The summed E-state index contributed by atoms with van der Waals surface area (Å²) in [6.07, 6.45) is 6.08. The molecule has 0 bridgehead atoms. The Balaban J connectivity index is 2.12. The summed E-state index contributed by atoms with van der Waals surface area (Å²) in [7, 11) is 0. The summed E-state index contributed by atoms with van der Waals surface area (Å²) in [6, 6.07) is 0.